The molecule has 1 fully saturated rings. The molecular formula is C29H36N6O. The van der Waals surface area contributed by atoms with E-state index < -0.39 is 0 Å². The molecule has 1 aliphatic rings. The third-order valence-corrected chi connectivity index (χ3v) is 7.58. The average molecular weight is 485 g/mol. The van der Waals surface area contributed by atoms with Crippen LogP contribution in [-0.2, 0) is 19.5 Å². The van der Waals surface area contributed by atoms with Crippen molar-refractivity contribution in [2.24, 2.45) is 5.92 Å². The molecule has 7 heteroatoms. The van der Waals surface area contributed by atoms with Crippen molar-refractivity contribution in [1.29, 1.82) is 0 Å². The van der Waals surface area contributed by atoms with Crippen LogP contribution in [0.1, 0.15) is 68.1 Å². The molecule has 0 unspecified atom stereocenters. The van der Waals surface area contributed by atoms with Gasteiger partial charge in [0, 0.05) is 24.7 Å². The molecule has 2 aromatic heterocycles. The summed E-state index contributed by atoms with van der Waals surface area (Å²) in [7, 11) is 0. The van der Waals surface area contributed by atoms with Crippen LogP contribution in [0, 0.1) is 12.8 Å². The first-order valence-corrected chi connectivity index (χ1v) is 13.2. The van der Waals surface area contributed by atoms with Crippen molar-refractivity contribution in [3.8, 4) is 0 Å². The van der Waals surface area contributed by atoms with E-state index in [1.54, 1.807) is 0 Å². The van der Waals surface area contributed by atoms with Crippen LogP contribution in [0.25, 0.3) is 10.9 Å². The average Bonchev–Trinajstić information content (AvgIpc) is 3.56. The number of aromatic nitrogens is 5. The van der Waals surface area contributed by atoms with Gasteiger partial charge in [-0.15, -0.1) is 5.10 Å². The molecule has 36 heavy (non-hydrogen) atoms. The molecule has 0 saturated heterocycles. The van der Waals surface area contributed by atoms with E-state index in [9.17, 15) is 4.79 Å². The molecule has 1 aliphatic carbocycles. The van der Waals surface area contributed by atoms with Crippen molar-refractivity contribution in [2.45, 2.75) is 78.0 Å². The van der Waals surface area contributed by atoms with Crippen molar-refractivity contribution in [3.63, 3.8) is 0 Å². The number of aromatic amines is 1. The van der Waals surface area contributed by atoms with E-state index in [1.165, 1.54) is 18.4 Å². The number of fused-ring (bicyclic) bond motifs is 1. The molecule has 2 aromatic carbocycles. The molecule has 0 bridgehead atoms. The Bertz CT molecular complexity index is 1350. The summed E-state index contributed by atoms with van der Waals surface area (Å²) in [5.41, 5.74) is 4.07. The monoisotopic (exact) mass is 484 g/mol. The fourth-order valence-corrected chi connectivity index (χ4v) is 5.72. The molecule has 0 radical (unpaired) electrons. The molecule has 1 saturated carbocycles. The molecule has 1 atom stereocenters. The summed E-state index contributed by atoms with van der Waals surface area (Å²) in [4.78, 5) is 18.9. The third kappa shape index (κ3) is 5.12. The number of nitrogens with zero attached hydrogens (tertiary/aromatic N) is 5. The van der Waals surface area contributed by atoms with E-state index in [1.807, 2.05) is 29.8 Å². The maximum atomic E-state index is 13.2. The van der Waals surface area contributed by atoms with Gasteiger partial charge >= 0.3 is 0 Å². The normalized spacial score (nSPS) is 15.4. The smallest absolute Gasteiger partial charge is 0.252 e. The summed E-state index contributed by atoms with van der Waals surface area (Å²) < 4.78 is 1.97. The Hall–Kier alpha value is -3.32. The van der Waals surface area contributed by atoms with Gasteiger partial charge in [0.05, 0.1) is 11.6 Å². The van der Waals surface area contributed by atoms with Gasteiger partial charge in [-0.2, -0.15) is 0 Å². The molecular weight excluding hydrogens is 448 g/mol. The van der Waals surface area contributed by atoms with Gasteiger partial charge in [0.1, 0.15) is 0 Å². The molecule has 7 nitrogen and oxygen atoms in total. The van der Waals surface area contributed by atoms with Crippen molar-refractivity contribution in [3.05, 3.63) is 87.5 Å². The van der Waals surface area contributed by atoms with Crippen LogP contribution in [0.4, 0.5) is 0 Å². The van der Waals surface area contributed by atoms with E-state index in [0.717, 1.165) is 53.7 Å². The molecule has 4 aromatic rings. The Morgan fingerprint density at radius 2 is 1.86 bits per heavy atom. The number of H-pyrrole nitrogens is 1. The molecule has 0 amide bonds. The van der Waals surface area contributed by atoms with Crippen LogP contribution < -0.4 is 5.56 Å². The minimum atomic E-state index is -0.00836. The van der Waals surface area contributed by atoms with Gasteiger partial charge in [-0.3, -0.25) is 9.69 Å². The van der Waals surface area contributed by atoms with Gasteiger partial charge in [-0.25, -0.2) is 4.68 Å². The number of hydrogen-bond acceptors (Lipinski definition) is 5. The quantitative estimate of drug-likeness (QED) is 0.353. The van der Waals surface area contributed by atoms with Crippen LogP contribution in [0.2, 0.25) is 0 Å². The highest BCUT2D eigenvalue weighted by atomic mass is 16.1. The Balaban J connectivity index is 1.49. The Morgan fingerprint density at radius 3 is 2.61 bits per heavy atom. The van der Waals surface area contributed by atoms with E-state index >= 15 is 0 Å². The highest BCUT2D eigenvalue weighted by Crippen LogP contribution is 2.36. The molecule has 5 rings (SSSR count). The standard InChI is InChI=1S/C29H36N6O/c1-20(2)27(28-31-32-33-35(28)17-16-22-11-5-4-6-12-22)34(25-14-7-8-15-25)19-24-18-23-13-9-10-21(3)26(23)30-29(24)36/h4-6,9-13,18,20,25,27H,7-8,14-17,19H2,1-3H3,(H,30,36)/t27-/m0/s1. The summed E-state index contributed by atoms with van der Waals surface area (Å²) in [5.74, 6) is 1.18. The Morgan fingerprint density at radius 1 is 1.08 bits per heavy atom. The highest BCUT2D eigenvalue weighted by molar-refractivity contribution is 5.81. The molecule has 188 valence electrons. The zero-order valence-corrected chi connectivity index (χ0v) is 21.5. The summed E-state index contributed by atoms with van der Waals surface area (Å²) in [6.07, 6.45) is 5.59. The predicted octanol–water partition coefficient (Wildman–Crippen LogP) is 5.21. The zero-order chi connectivity index (χ0) is 25.1. The summed E-state index contributed by atoms with van der Waals surface area (Å²) in [6, 6.07) is 19.1. The van der Waals surface area contributed by atoms with E-state index in [2.05, 4.69) is 75.7 Å². The van der Waals surface area contributed by atoms with Crippen LogP contribution in [0.3, 0.4) is 0 Å². The minimum absolute atomic E-state index is 0.00836. The fraction of sp³-hybridized carbons (Fsp3) is 0.448. The highest BCUT2D eigenvalue weighted by Gasteiger charge is 2.35. The van der Waals surface area contributed by atoms with Gasteiger partial charge in [0.15, 0.2) is 5.82 Å². The largest absolute Gasteiger partial charge is 0.321 e. The zero-order valence-electron chi connectivity index (χ0n) is 21.5. The van der Waals surface area contributed by atoms with E-state index in [0.29, 0.717) is 12.6 Å². The number of aryl methyl sites for hydroxylation is 3. The topological polar surface area (TPSA) is 79.7 Å². The van der Waals surface area contributed by atoms with E-state index in [4.69, 9.17) is 0 Å². The maximum absolute atomic E-state index is 13.2. The number of nitrogens with one attached hydrogen (secondary N) is 1. The van der Waals surface area contributed by atoms with E-state index in [-0.39, 0.29) is 17.5 Å². The summed E-state index contributed by atoms with van der Waals surface area (Å²) in [5, 5.41) is 14.1. The number of pyridine rings is 1. The van der Waals surface area contributed by atoms with Gasteiger partial charge < -0.3 is 4.98 Å². The lowest BCUT2D eigenvalue weighted by atomic mass is 9.97. The first-order chi connectivity index (χ1) is 17.5. The Kier molecular flexibility index (Phi) is 7.28. The van der Waals surface area contributed by atoms with Gasteiger partial charge in [-0.05, 0) is 65.1 Å². The maximum Gasteiger partial charge on any atom is 0.252 e. The first-order valence-electron chi connectivity index (χ1n) is 13.2. The lowest BCUT2D eigenvalue weighted by Crippen LogP contribution is -2.41. The third-order valence-electron chi connectivity index (χ3n) is 7.58. The van der Waals surface area contributed by atoms with Crippen molar-refractivity contribution < 1.29 is 0 Å². The van der Waals surface area contributed by atoms with Gasteiger partial charge in [-0.1, -0.05) is 75.2 Å². The number of para-hydroxylation sites is 1. The van der Waals surface area contributed by atoms with Gasteiger partial charge in [0.2, 0.25) is 0 Å². The van der Waals surface area contributed by atoms with Crippen LogP contribution >= 0.6 is 0 Å². The Labute approximate surface area is 212 Å². The number of rotatable bonds is 9. The lowest BCUT2D eigenvalue weighted by Gasteiger charge is -2.38. The van der Waals surface area contributed by atoms with Gasteiger partial charge in [0.25, 0.3) is 5.56 Å². The second-order valence-corrected chi connectivity index (χ2v) is 10.5. The minimum Gasteiger partial charge on any atom is -0.321 e. The predicted molar refractivity (Wildman–Crippen MR) is 143 cm³/mol. The van der Waals surface area contributed by atoms with Crippen LogP contribution in [-0.4, -0.2) is 36.1 Å². The number of benzene rings is 2. The van der Waals surface area contributed by atoms with Crippen LogP contribution in [0.5, 0.6) is 0 Å². The molecule has 2 heterocycles. The lowest BCUT2D eigenvalue weighted by molar-refractivity contribution is 0.0840. The second kappa shape index (κ2) is 10.7. The van der Waals surface area contributed by atoms with Crippen molar-refractivity contribution in [1.82, 2.24) is 30.1 Å². The van der Waals surface area contributed by atoms with Crippen LogP contribution in [0.15, 0.2) is 59.4 Å². The van der Waals surface area contributed by atoms with Crippen molar-refractivity contribution >= 4 is 10.9 Å². The number of hydrogen-bond donors (Lipinski definition) is 1. The first kappa shape index (κ1) is 24.4. The summed E-state index contributed by atoms with van der Waals surface area (Å²) in [6.45, 7) is 7.81. The molecule has 0 aliphatic heterocycles. The SMILES string of the molecule is Cc1cccc2cc(CN(C3CCCC3)[C@H](c3nnnn3CCc3ccccc3)C(C)C)c(=O)[nH]c12. The summed E-state index contributed by atoms with van der Waals surface area (Å²) >= 11 is 0. The second-order valence-electron chi connectivity index (χ2n) is 10.5. The number of tetrazole rings is 1. The van der Waals surface area contributed by atoms with Crippen molar-refractivity contribution in [2.75, 3.05) is 0 Å². The fourth-order valence-electron chi connectivity index (χ4n) is 5.72. The molecule has 0 spiro atoms. The molecule has 1 N–H and O–H groups in total.